The predicted octanol–water partition coefficient (Wildman–Crippen LogP) is 3.78. The number of aliphatic hydroxyl groups excluding tert-OH is 1. The van der Waals surface area contributed by atoms with Gasteiger partial charge in [-0.25, -0.2) is 0 Å². The van der Waals surface area contributed by atoms with E-state index in [1.54, 1.807) is 42.5 Å². The number of phenolic OH excluding ortho intramolecular Hbond substituents is 1. The minimum atomic E-state index is -0.985. The van der Waals surface area contributed by atoms with Crippen LogP contribution in [0.5, 0.6) is 17.2 Å². The van der Waals surface area contributed by atoms with Gasteiger partial charge in [-0.15, -0.1) is 0 Å². The summed E-state index contributed by atoms with van der Waals surface area (Å²) in [5.41, 5.74) is 1.06. The first-order valence-electron chi connectivity index (χ1n) is 9.90. The van der Waals surface area contributed by atoms with Gasteiger partial charge in [-0.3, -0.25) is 9.59 Å². The molecule has 0 saturated carbocycles. The summed E-state index contributed by atoms with van der Waals surface area (Å²) >= 11 is 5.93. The van der Waals surface area contributed by atoms with Crippen LogP contribution in [0.4, 0.5) is 5.69 Å². The van der Waals surface area contributed by atoms with Crippen LogP contribution < -0.4 is 20.1 Å². The summed E-state index contributed by atoms with van der Waals surface area (Å²) in [5.74, 6) is -0.453. The number of methoxy groups -OCH3 is 2. The smallest absolute Gasteiger partial charge is 0.255 e. The zero-order valence-electron chi connectivity index (χ0n) is 18.0. The normalized spacial score (nSPS) is 11.4. The van der Waals surface area contributed by atoms with Crippen molar-refractivity contribution in [3.8, 4) is 17.2 Å². The van der Waals surface area contributed by atoms with Crippen molar-refractivity contribution in [2.75, 3.05) is 26.1 Å². The molecule has 9 heteroatoms. The van der Waals surface area contributed by atoms with Crippen molar-refractivity contribution in [3.63, 3.8) is 0 Å². The molecule has 0 aliphatic carbocycles. The lowest BCUT2D eigenvalue weighted by Crippen LogP contribution is -2.28. The van der Waals surface area contributed by atoms with Crippen molar-refractivity contribution >= 4 is 29.1 Å². The second-order valence-corrected chi connectivity index (χ2v) is 7.50. The molecule has 0 aliphatic rings. The first kappa shape index (κ1) is 23.9. The van der Waals surface area contributed by atoms with E-state index in [0.717, 1.165) is 0 Å². The molecule has 0 aromatic heterocycles. The molecule has 4 N–H and O–H groups in total. The maximum absolute atomic E-state index is 12.7. The highest BCUT2D eigenvalue weighted by Crippen LogP contribution is 2.25. The predicted molar refractivity (Wildman–Crippen MR) is 124 cm³/mol. The molecule has 0 unspecified atom stereocenters. The van der Waals surface area contributed by atoms with E-state index in [4.69, 9.17) is 21.1 Å². The van der Waals surface area contributed by atoms with Gasteiger partial charge in [0.25, 0.3) is 11.8 Å². The third kappa shape index (κ3) is 6.15. The van der Waals surface area contributed by atoms with Crippen LogP contribution in [-0.4, -0.2) is 42.8 Å². The van der Waals surface area contributed by atoms with E-state index in [-0.39, 0.29) is 23.4 Å². The van der Waals surface area contributed by atoms with Gasteiger partial charge in [0.1, 0.15) is 17.2 Å². The fourth-order valence-corrected chi connectivity index (χ4v) is 3.25. The van der Waals surface area contributed by atoms with Crippen LogP contribution in [0, 0.1) is 0 Å². The number of halogens is 1. The van der Waals surface area contributed by atoms with E-state index in [1.807, 2.05) is 0 Å². The summed E-state index contributed by atoms with van der Waals surface area (Å²) in [6.45, 7) is -0.0984. The quantitative estimate of drug-likeness (QED) is 0.372. The second-order valence-electron chi connectivity index (χ2n) is 7.07. The fourth-order valence-electron chi connectivity index (χ4n) is 3.05. The molecule has 1 atom stereocenters. The Labute approximate surface area is 195 Å². The topological polar surface area (TPSA) is 117 Å². The van der Waals surface area contributed by atoms with Crippen LogP contribution >= 0.6 is 11.6 Å². The summed E-state index contributed by atoms with van der Waals surface area (Å²) in [7, 11) is 2.95. The van der Waals surface area contributed by atoms with Gasteiger partial charge >= 0.3 is 0 Å². The third-order valence-corrected chi connectivity index (χ3v) is 5.04. The summed E-state index contributed by atoms with van der Waals surface area (Å²) in [5, 5.41) is 26.1. The number of ether oxygens (including phenoxy) is 2. The first-order chi connectivity index (χ1) is 15.8. The number of hydrogen-bond donors (Lipinski definition) is 4. The fraction of sp³-hybridized carbons (Fsp3) is 0.167. The minimum Gasteiger partial charge on any atom is -0.507 e. The number of anilines is 1. The Bertz CT molecular complexity index is 1150. The number of phenols is 1. The molecule has 3 aromatic rings. The largest absolute Gasteiger partial charge is 0.507 e. The Hall–Kier alpha value is -3.75. The Morgan fingerprint density at radius 2 is 1.67 bits per heavy atom. The van der Waals surface area contributed by atoms with E-state index >= 15 is 0 Å². The molecule has 3 aromatic carbocycles. The van der Waals surface area contributed by atoms with Gasteiger partial charge in [0.05, 0.1) is 25.9 Å². The third-order valence-electron chi connectivity index (χ3n) is 4.80. The van der Waals surface area contributed by atoms with E-state index in [0.29, 0.717) is 27.8 Å². The van der Waals surface area contributed by atoms with E-state index in [9.17, 15) is 19.8 Å². The number of aliphatic hydroxyl groups is 1. The van der Waals surface area contributed by atoms with Gasteiger partial charge < -0.3 is 30.3 Å². The highest BCUT2D eigenvalue weighted by molar-refractivity contribution is 6.30. The summed E-state index contributed by atoms with van der Waals surface area (Å²) in [4.78, 5) is 25.3. The van der Waals surface area contributed by atoms with Gasteiger partial charge in [-0.1, -0.05) is 23.7 Å². The zero-order valence-corrected chi connectivity index (χ0v) is 18.7. The van der Waals surface area contributed by atoms with E-state index < -0.39 is 17.9 Å². The van der Waals surface area contributed by atoms with Gasteiger partial charge in [0.15, 0.2) is 0 Å². The Morgan fingerprint density at radius 3 is 2.30 bits per heavy atom. The Balaban J connectivity index is 1.71. The van der Waals surface area contributed by atoms with Crippen molar-refractivity contribution in [1.82, 2.24) is 5.32 Å². The van der Waals surface area contributed by atoms with Crippen LogP contribution in [0.25, 0.3) is 0 Å². The molecule has 0 spiro atoms. The Morgan fingerprint density at radius 1 is 0.970 bits per heavy atom. The van der Waals surface area contributed by atoms with Crippen LogP contribution in [0.3, 0.4) is 0 Å². The Kier molecular flexibility index (Phi) is 7.76. The molecule has 2 amide bonds. The highest BCUT2D eigenvalue weighted by Gasteiger charge is 2.16. The lowest BCUT2D eigenvalue weighted by atomic mass is 10.1. The van der Waals surface area contributed by atoms with Crippen LogP contribution in [0.2, 0.25) is 5.02 Å². The molecule has 0 radical (unpaired) electrons. The lowest BCUT2D eigenvalue weighted by molar-refractivity contribution is 0.0913. The standard InChI is InChI=1S/C24H23ClN2O6/c1-32-18-9-15(10-19(12-18)33-2)23(30)27-17-6-7-21(28)20(11-17)24(31)26-13-22(29)14-4-3-5-16(25)8-14/h3-12,22,28-29H,13H2,1-2H3,(H,26,31)(H,27,30)/t22-/m1/s1. The first-order valence-corrected chi connectivity index (χ1v) is 10.3. The van der Waals surface area contributed by atoms with Crippen LogP contribution in [0.1, 0.15) is 32.4 Å². The zero-order chi connectivity index (χ0) is 24.0. The molecule has 172 valence electrons. The van der Waals surface area contributed by atoms with Gasteiger partial charge in [0, 0.05) is 28.9 Å². The van der Waals surface area contributed by atoms with Crippen LogP contribution in [0.15, 0.2) is 60.7 Å². The average Bonchev–Trinajstić information content (AvgIpc) is 2.82. The minimum absolute atomic E-state index is 0.0608. The van der Waals surface area contributed by atoms with Gasteiger partial charge in [-0.2, -0.15) is 0 Å². The summed E-state index contributed by atoms with van der Waals surface area (Å²) in [6.07, 6.45) is -0.985. The SMILES string of the molecule is COc1cc(OC)cc(C(=O)Nc2ccc(O)c(C(=O)NC[C@@H](O)c3cccc(Cl)c3)c2)c1. The van der Waals surface area contributed by atoms with E-state index in [1.165, 1.54) is 32.4 Å². The van der Waals surface area contributed by atoms with Crippen molar-refractivity contribution in [3.05, 3.63) is 82.4 Å². The summed E-state index contributed by atoms with van der Waals surface area (Å²) < 4.78 is 10.3. The molecule has 0 aliphatic heterocycles. The number of nitrogens with one attached hydrogen (secondary N) is 2. The highest BCUT2D eigenvalue weighted by atomic mass is 35.5. The van der Waals surface area contributed by atoms with Gasteiger partial charge in [-0.05, 0) is 48.0 Å². The van der Waals surface area contributed by atoms with E-state index in [2.05, 4.69) is 10.6 Å². The maximum Gasteiger partial charge on any atom is 0.255 e. The molecular formula is C24H23ClN2O6. The molecule has 0 bridgehead atoms. The number of aromatic hydroxyl groups is 1. The molecular weight excluding hydrogens is 448 g/mol. The number of carbonyl (C=O) groups is 2. The second kappa shape index (κ2) is 10.7. The molecule has 0 saturated heterocycles. The number of hydrogen-bond acceptors (Lipinski definition) is 6. The molecule has 3 rings (SSSR count). The maximum atomic E-state index is 12.7. The van der Waals surface area contributed by atoms with Crippen molar-refractivity contribution in [2.45, 2.75) is 6.10 Å². The van der Waals surface area contributed by atoms with Crippen molar-refractivity contribution < 1.29 is 29.3 Å². The molecule has 8 nitrogen and oxygen atoms in total. The summed E-state index contributed by atoms with van der Waals surface area (Å²) in [6, 6.07) is 15.5. The number of rotatable bonds is 8. The lowest BCUT2D eigenvalue weighted by Gasteiger charge is -2.14. The van der Waals surface area contributed by atoms with Gasteiger partial charge in [0.2, 0.25) is 0 Å². The molecule has 33 heavy (non-hydrogen) atoms. The van der Waals surface area contributed by atoms with Crippen molar-refractivity contribution in [1.29, 1.82) is 0 Å². The van der Waals surface area contributed by atoms with Crippen molar-refractivity contribution in [2.24, 2.45) is 0 Å². The number of amides is 2. The number of carbonyl (C=O) groups excluding carboxylic acids is 2. The molecule has 0 heterocycles. The average molecular weight is 471 g/mol. The molecule has 0 fully saturated rings. The monoisotopic (exact) mass is 470 g/mol. The van der Waals surface area contributed by atoms with Crippen LogP contribution in [-0.2, 0) is 0 Å². The number of benzene rings is 3.